The molecule has 1 aromatic carbocycles. The molecule has 0 atom stereocenters. The summed E-state index contributed by atoms with van der Waals surface area (Å²) < 4.78 is 15.8. The van der Waals surface area contributed by atoms with Gasteiger partial charge in [0.05, 0.1) is 25.5 Å². The maximum atomic E-state index is 11.9. The Morgan fingerprint density at radius 3 is 2.56 bits per heavy atom. The van der Waals surface area contributed by atoms with E-state index in [0.29, 0.717) is 22.8 Å². The van der Waals surface area contributed by atoms with Crippen molar-refractivity contribution in [2.75, 3.05) is 14.2 Å². The number of ether oxygens (including phenoxy) is 3. The molecule has 0 unspecified atom stereocenters. The van der Waals surface area contributed by atoms with Crippen molar-refractivity contribution in [1.82, 2.24) is 9.97 Å². The maximum Gasteiger partial charge on any atom is 0.338 e. The number of hydrogen-bond acceptors (Lipinski definition) is 7. The van der Waals surface area contributed by atoms with Gasteiger partial charge < -0.3 is 14.2 Å². The Labute approximate surface area is 149 Å². The molecule has 0 amide bonds. The van der Waals surface area contributed by atoms with Gasteiger partial charge in [0.15, 0.2) is 11.5 Å². The number of pyridine rings is 1. The average Bonchev–Trinajstić information content (AvgIpc) is 3.15. The summed E-state index contributed by atoms with van der Waals surface area (Å²) in [5.41, 5.74) is 2.07. The van der Waals surface area contributed by atoms with E-state index in [2.05, 4.69) is 9.97 Å². The van der Waals surface area contributed by atoms with Crippen LogP contribution in [0.3, 0.4) is 0 Å². The van der Waals surface area contributed by atoms with Crippen LogP contribution in [0.2, 0.25) is 0 Å². The lowest BCUT2D eigenvalue weighted by Crippen LogP contribution is -2.05. The fourth-order valence-corrected chi connectivity index (χ4v) is 2.99. The van der Waals surface area contributed by atoms with Gasteiger partial charge >= 0.3 is 5.97 Å². The van der Waals surface area contributed by atoms with Gasteiger partial charge in [-0.3, -0.25) is 4.98 Å². The van der Waals surface area contributed by atoms with Crippen LogP contribution in [0.1, 0.15) is 16.1 Å². The first-order chi connectivity index (χ1) is 12.2. The molecule has 3 rings (SSSR count). The molecule has 7 heteroatoms. The third-order valence-electron chi connectivity index (χ3n) is 3.45. The zero-order chi connectivity index (χ0) is 17.6. The molecule has 0 aliphatic rings. The standard InChI is InChI=1S/C18H16N2O4S/c1-22-15-4-3-13(9-16(15)23-2)17-20-14(11-25-17)10-24-18(21)12-5-7-19-8-6-12/h3-9,11H,10H2,1-2H3. The molecule has 25 heavy (non-hydrogen) atoms. The highest BCUT2D eigenvalue weighted by atomic mass is 32.1. The van der Waals surface area contributed by atoms with Crippen LogP contribution in [0.15, 0.2) is 48.1 Å². The van der Waals surface area contributed by atoms with Crippen LogP contribution in [0.4, 0.5) is 0 Å². The lowest BCUT2D eigenvalue weighted by molar-refractivity contribution is 0.0468. The summed E-state index contributed by atoms with van der Waals surface area (Å²) in [6, 6.07) is 8.83. The molecule has 0 spiro atoms. The lowest BCUT2D eigenvalue weighted by atomic mass is 10.2. The minimum atomic E-state index is -0.400. The quantitative estimate of drug-likeness (QED) is 0.629. The van der Waals surface area contributed by atoms with E-state index in [1.165, 1.54) is 11.3 Å². The van der Waals surface area contributed by atoms with Crippen LogP contribution in [-0.2, 0) is 11.3 Å². The average molecular weight is 356 g/mol. The van der Waals surface area contributed by atoms with E-state index in [4.69, 9.17) is 14.2 Å². The van der Waals surface area contributed by atoms with Crippen LogP contribution in [0, 0.1) is 0 Å². The van der Waals surface area contributed by atoms with Gasteiger partial charge in [0.25, 0.3) is 0 Å². The van der Waals surface area contributed by atoms with Gasteiger partial charge in [0.2, 0.25) is 0 Å². The molecular formula is C18H16N2O4S. The first kappa shape index (κ1) is 16.9. The zero-order valence-electron chi connectivity index (χ0n) is 13.8. The summed E-state index contributed by atoms with van der Waals surface area (Å²) in [6.07, 6.45) is 3.10. The van der Waals surface area contributed by atoms with Crippen LogP contribution < -0.4 is 9.47 Å². The Bertz CT molecular complexity index is 865. The van der Waals surface area contributed by atoms with Crippen LogP contribution >= 0.6 is 11.3 Å². The normalized spacial score (nSPS) is 10.3. The third kappa shape index (κ3) is 3.95. The molecule has 0 N–H and O–H groups in total. The molecule has 0 saturated heterocycles. The van der Waals surface area contributed by atoms with E-state index in [1.54, 1.807) is 38.7 Å². The first-order valence-corrected chi connectivity index (χ1v) is 8.33. The smallest absolute Gasteiger partial charge is 0.338 e. The van der Waals surface area contributed by atoms with Gasteiger partial charge in [0, 0.05) is 23.3 Å². The van der Waals surface area contributed by atoms with Crippen molar-refractivity contribution in [3.63, 3.8) is 0 Å². The molecule has 0 aliphatic carbocycles. The van der Waals surface area contributed by atoms with Crippen LogP contribution in [-0.4, -0.2) is 30.2 Å². The molecule has 0 saturated carbocycles. The Balaban J connectivity index is 1.69. The minimum absolute atomic E-state index is 0.116. The summed E-state index contributed by atoms with van der Waals surface area (Å²) in [4.78, 5) is 20.3. The SMILES string of the molecule is COc1ccc(-c2nc(COC(=O)c3ccncc3)cs2)cc1OC. The Hall–Kier alpha value is -2.93. The van der Waals surface area contributed by atoms with Crippen molar-refractivity contribution in [2.24, 2.45) is 0 Å². The predicted molar refractivity (Wildman–Crippen MR) is 94.0 cm³/mol. The second kappa shape index (κ2) is 7.76. The molecule has 0 aliphatic heterocycles. The summed E-state index contributed by atoms with van der Waals surface area (Å²) in [5.74, 6) is 0.901. The number of methoxy groups -OCH3 is 2. The number of carbonyl (C=O) groups is 1. The maximum absolute atomic E-state index is 11.9. The molecule has 2 aromatic heterocycles. The molecule has 0 fully saturated rings. The van der Waals surface area contributed by atoms with E-state index < -0.39 is 5.97 Å². The lowest BCUT2D eigenvalue weighted by Gasteiger charge is -2.08. The number of benzene rings is 1. The second-order valence-electron chi connectivity index (χ2n) is 5.03. The number of carbonyl (C=O) groups excluding carboxylic acids is 1. The van der Waals surface area contributed by atoms with Gasteiger partial charge in [0.1, 0.15) is 11.6 Å². The minimum Gasteiger partial charge on any atom is -0.493 e. The van der Waals surface area contributed by atoms with E-state index in [-0.39, 0.29) is 6.61 Å². The Morgan fingerprint density at radius 1 is 1.08 bits per heavy atom. The number of nitrogens with zero attached hydrogens (tertiary/aromatic N) is 2. The predicted octanol–water partition coefficient (Wildman–Crippen LogP) is 3.58. The second-order valence-corrected chi connectivity index (χ2v) is 5.88. The molecule has 0 radical (unpaired) electrons. The number of rotatable bonds is 6. The number of thiazole rings is 1. The first-order valence-electron chi connectivity index (χ1n) is 7.45. The van der Waals surface area contributed by atoms with Gasteiger partial charge in [-0.2, -0.15) is 0 Å². The van der Waals surface area contributed by atoms with Gasteiger partial charge in [-0.15, -0.1) is 11.3 Å². The van der Waals surface area contributed by atoms with Gasteiger partial charge in [-0.25, -0.2) is 9.78 Å². The third-order valence-corrected chi connectivity index (χ3v) is 4.39. The monoisotopic (exact) mass is 356 g/mol. The van der Waals surface area contributed by atoms with Gasteiger partial charge in [-0.1, -0.05) is 0 Å². The van der Waals surface area contributed by atoms with Gasteiger partial charge in [-0.05, 0) is 30.3 Å². The van der Waals surface area contributed by atoms with Crippen LogP contribution in [0.5, 0.6) is 11.5 Å². The summed E-state index contributed by atoms with van der Waals surface area (Å²) >= 11 is 1.47. The molecule has 6 nitrogen and oxygen atoms in total. The number of esters is 1. The number of hydrogen-bond donors (Lipinski definition) is 0. The Kier molecular flexibility index (Phi) is 5.25. The molecule has 128 valence electrons. The molecular weight excluding hydrogens is 340 g/mol. The van der Waals surface area contributed by atoms with Crippen molar-refractivity contribution in [2.45, 2.75) is 6.61 Å². The van der Waals surface area contributed by atoms with E-state index in [1.807, 2.05) is 23.6 Å². The van der Waals surface area contributed by atoms with E-state index >= 15 is 0 Å². The molecule has 3 aromatic rings. The Morgan fingerprint density at radius 2 is 1.84 bits per heavy atom. The van der Waals surface area contributed by atoms with Crippen molar-refractivity contribution in [1.29, 1.82) is 0 Å². The highest BCUT2D eigenvalue weighted by Crippen LogP contribution is 2.33. The summed E-state index contributed by atoms with van der Waals surface area (Å²) in [7, 11) is 3.18. The topological polar surface area (TPSA) is 70.5 Å². The van der Waals surface area contributed by atoms with Crippen LogP contribution in [0.25, 0.3) is 10.6 Å². The number of aromatic nitrogens is 2. The fourth-order valence-electron chi connectivity index (χ4n) is 2.19. The highest BCUT2D eigenvalue weighted by Gasteiger charge is 2.11. The fraction of sp³-hybridized carbons (Fsp3) is 0.167. The largest absolute Gasteiger partial charge is 0.493 e. The molecule has 0 bridgehead atoms. The summed E-state index contributed by atoms with van der Waals surface area (Å²) in [6.45, 7) is 0.116. The summed E-state index contributed by atoms with van der Waals surface area (Å²) in [5, 5.41) is 2.68. The zero-order valence-corrected chi connectivity index (χ0v) is 14.6. The van der Waals surface area contributed by atoms with E-state index in [0.717, 1.165) is 10.6 Å². The van der Waals surface area contributed by atoms with E-state index in [9.17, 15) is 4.79 Å². The highest BCUT2D eigenvalue weighted by molar-refractivity contribution is 7.13. The van der Waals surface area contributed by atoms with Crippen molar-refractivity contribution in [3.8, 4) is 22.1 Å². The van der Waals surface area contributed by atoms with Crippen molar-refractivity contribution in [3.05, 3.63) is 59.4 Å². The van der Waals surface area contributed by atoms with Crippen molar-refractivity contribution < 1.29 is 19.0 Å². The molecule has 2 heterocycles. The van der Waals surface area contributed by atoms with Crippen molar-refractivity contribution >= 4 is 17.3 Å².